The highest BCUT2D eigenvalue weighted by atomic mass is 32.2. The van der Waals surface area contributed by atoms with Gasteiger partial charge in [0.2, 0.25) is 0 Å². The standard InChI is InChI=1S/C24H32N2O6S2/c1-3-5-11-24(4-2)16-33(29)21-15-18(23(28)25-12-13-34(30,31)32)20(27)14-19(21)22(26-24)17-9-7-6-8-10-17/h6-10,14-15,22,26-27H,3-5,11-13,16H2,1-2H3,(H,25,28)(H,30,31,32)/t22-,24-,33?/m1/s1. The average molecular weight is 509 g/mol. The fourth-order valence-corrected chi connectivity index (χ4v) is 6.42. The molecule has 0 fully saturated rings. The third kappa shape index (κ3) is 6.24. The Bertz CT molecular complexity index is 1150. The van der Waals surface area contributed by atoms with Crippen LogP contribution in [0, 0.1) is 0 Å². The van der Waals surface area contributed by atoms with Crippen LogP contribution in [0.5, 0.6) is 5.75 Å². The van der Waals surface area contributed by atoms with Crippen LogP contribution in [-0.4, -0.2) is 51.8 Å². The number of phenolic OH excluding ortho intramolecular Hbond substituents is 1. The SMILES string of the molecule is CCCC[C@]1(CC)CS(=O)c2cc(C(=O)NCCS(=O)(=O)O)c(O)cc2[C@@H](c2ccccc2)N1. The van der Waals surface area contributed by atoms with Crippen molar-refractivity contribution in [1.29, 1.82) is 0 Å². The van der Waals surface area contributed by atoms with Crippen molar-refractivity contribution in [2.24, 2.45) is 0 Å². The summed E-state index contributed by atoms with van der Waals surface area (Å²) in [5.41, 5.74) is 1.13. The van der Waals surface area contributed by atoms with Crippen LogP contribution in [0.25, 0.3) is 0 Å². The van der Waals surface area contributed by atoms with Crippen molar-refractivity contribution in [3.63, 3.8) is 0 Å². The van der Waals surface area contributed by atoms with Crippen LogP contribution in [0.2, 0.25) is 0 Å². The highest BCUT2D eigenvalue weighted by Crippen LogP contribution is 2.39. The molecule has 0 bridgehead atoms. The second kappa shape index (κ2) is 11.0. The zero-order valence-corrected chi connectivity index (χ0v) is 21.0. The van der Waals surface area contributed by atoms with Crippen LogP contribution in [0.3, 0.4) is 0 Å². The molecule has 3 atom stereocenters. The number of hydrogen-bond donors (Lipinski definition) is 4. The summed E-state index contributed by atoms with van der Waals surface area (Å²) in [6, 6.07) is 12.3. The number of unbranched alkanes of at least 4 members (excludes halogenated alkanes) is 1. The molecule has 0 saturated carbocycles. The van der Waals surface area contributed by atoms with E-state index in [4.69, 9.17) is 4.55 Å². The van der Waals surface area contributed by atoms with E-state index in [9.17, 15) is 22.5 Å². The van der Waals surface area contributed by atoms with Crippen LogP contribution in [0.15, 0.2) is 47.4 Å². The maximum Gasteiger partial charge on any atom is 0.266 e. The third-order valence-corrected chi connectivity index (χ3v) is 8.63. The fraction of sp³-hybridized carbons (Fsp3) is 0.458. The van der Waals surface area contributed by atoms with E-state index in [1.165, 1.54) is 12.1 Å². The third-order valence-electron chi connectivity index (χ3n) is 6.25. The predicted octanol–water partition coefficient (Wildman–Crippen LogP) is 3.15. The van der Waals surface area contributed by atoms with E-state index in [1.54, 1.807) is 0 Å². The largest absolute Gasteiger partial charge is 0.507 e. The number of carbonyl (C=O) groups is 1. The molecular weight excluding hydrogens is 476 g/mol. The Morgan fingerprint density at radius 2 is 1.94 bits per heavy atom. The average Bonchev–Trinajstić information content (AvgIpc) is 2.91. The predicted molar refractivity (Wildman–Crippen MR) is 132 cm³/mol. The maximum absolute atomic E-state index is 13.6. The molecule has 1 unspecified atom stereocenters. The highest BCUT2D eigenvalue weighted by Gasteiger charge is 2.39. The molecule has 186 valence electrons. The molecule has 0 saturated heterocycles. The van der Waals surface area contributed by atoms with Crippen molar-refractivity contribution in [2.75, 3.05) is 18.1 Å². The van der Waals surface area contributed by atoms with E-state index in [1.807, 2.05) is 30.3 Å². The normalized spacial score (nSPS) is 22.6. The summed E-state index contributed by atoms with van der Waals surface area (Å²) in [6.45, 7) is 3.87. The first-order chi connectivity index (χ1) is 16.1. The molecule has 0 aliphatic carbocycles. The Kier molecular flexibility index (Phi) is 8.51. The van der Waals surface area contributed by atoms with Crippen molar-refractivity contribution in [1.82, 2.24) is 10.6 Å². The number of fused-ring (bicyclic) bond motifs is 1. The van der Waals surface area contributed by atoms with Crippen molar-refractivity contribution in [3.8, 4) is 5.75 Å². The Labute approximate surface area is 203 Å². The van der Waals surface area contributed by atoms with Gasteiger partial charge < -0.3 is 10.4 Å². The number of amides is 1. The summed E-state index contributed by atoms with van der Waals surface area (Å²) in [7, 11) is -5.68. The van der Waals surface area contributed by atoms with Crippen LogP contribution in [0.1, 0.15) is 67.1 Å². The number of nitrogens with one attached hydrogen (secondary N) is 2. The lowest BCUT2D eigenvalue weighted by molar-refractivity contribution is 0.0953. The van der Waals surface area contributed by atoms with E-state index in [-0.39, 0.29) is 29.4 Å². The summed E-state index contributed by atoms with van der Waals surface area (Å²) in [4.78, 5) is 13.1. The Morgan fingerprint density at radius 1 is 1.24 bits per heavy atom. The van der Waals surface area contributed by atoms with Crippen LogP contribution >= 0.6 is 0 Å². The summed E-state index contributed by atoms with van der Waals surface area (Å²) < 4.78 is 44.3. The van der Waals surface area contributed by atoms with Gasteiger partial charge in [-0.1, -0.05) is 57.0 Å². The Morgan fingerprint density at radius 3 is 2.56 bits per heavy atom. The van der Waals surface area contributed by atoms with Crippen molar-refractivity contribution >= 4 is 26.8 Å². The van der Waals surface area contributed by atoms with E-state index in [2.05, 4.69) is 24.5 Å². The van der Waals surface area contributed by atoms with E-state index >= 15 is 0 Å². The molecular formula is C24H32N2O6S2. The minimum absolute atomic E-state index is 0.0909. The first kappa shape index (κ1) is 26.3. The second-order valence-electron chi connectivity index (χ2n) is 8.66. The molecule has 0 aromatic heterocycles. The molecule has 1 aliphatic heterocycles. The Hall–Kier alpha value is -2.27. The Balaban J connectivity index is 2.05. The van der Waals surface area contributed by atoms with Crippen LogP contribution in [-0.2, 0) is 20.9 Å². The number of aromatic hydroxyl groups is 1. The molecule has 1 amide bonds. The van der Waals surface area contributed by atoms with Gasteiger partial charge in [0, 0.05) is 22.7 Å². The molecule has 34 heavy (non-hydrogen) atoms. The molecule has 8 nitrogen and oxygen atoms in total. The van der Waals surface area contributed by atoms with Gasteiger partial charge in [-0.15, -0.1) is 0 Å². The topological polar surface area (TPSA) is 133 Å². The van der Waals surface area contributed by atoms with E-state index in [0.717, 1.165) is 31.2 Å². The molecule has 0 radical (unpaired) electrons. The number of hydrogen-bond acceptors (Lipinski definition) is 6. The number of benzene rings is 2. The molecule has 1 aliphatic rings. The molecule has 0 spiro atoms. The molecule has 2 aromatic carbocycles. The summed E-state index contributed by atoms with van der Waals surface area (Å²) in [6.07, 6.45) is 3.60. The highest BCUT2D eigenvalue weighted by molar-refractivity contribution is 7.85. The van der Waals surface area contributed by atoms with Crippen LogP contribution in [0.4, 0.5) is 0 Å². The number of phenols is 1. The van der Waals surface area contributed by atoms with Gasteiger partial charge in [0.1, 0.15) is 5.75 Å². The molecule has 2 aromatic rings. The van der Waals surface area contributed by atoms with Crippen molar-refractivity contribution < 1.29 is 27.1 Å². The van der Waals surface area contributed by atoms with E-state index in [0.29, 0.717) is 16.2 Å². The lowest BCUT2D eigenvalue weighted by Gasteiger charge is -2.36. The van der Waals surface area contributed by atoms with Crippen LogP contribution < -0.4 is 10.6 Å². The van der Waals surface area contributed by atoms with Gasteiger partial charge in [-0.25, -0.2) is 0 Å². The zero-order valence-electron chi connectivity index (χ0n) is 19.4. The molecule has 4 N–H and O–H groups in total. The quantitative estimate of drug-likeness (QED) is 0.383. The van der Waals surface area contributed by atoms with Gasteiger partial charge in [-0.3, -0.25) is 18.9 Å². The number of rotatable bonds is 9. The van der Waals surface area contributed by atoms with Gasteiger partial charge >= 0.3 is 0 Å². The summed E-state index contributed by atoms with van der Waals surface area (Å²) in [5, 5.41) is 16.8. The lowest BCUT2D eigenvalue weighted by atomic mass is 9.88. The lowest BCUT2D eigenvalue weighted by Crippen LogP contribution is -2.49. The molecule has 3 rings (SSSR count). The maximum atomic E-state index is 13.6. The summed E-state index contributed by atoms with van der Waals surface area (Å²) in [5.74, 6) is -1.27. The van der Waals surface area contributed by atoms with Gasteiger partial charge in [-0.05, 0) is 36.1 Å². The van der Waals surface area contributed by atoms with Gasteiger partial charge in [-0.2, -0.15) is 8.42 Å². The van der Waals surface area contributed by atoms with Crippen molar-refractivity contribution in [2.45, 2.75) is 56.0 Å². The first-order valence-corrected chi connectivity index (χ1v) is 14.3. The second-order valence-corrected chi connectivity index (χ2v) is 11.7. The van der Waals surface area contributed by atoms with E-state index < -0.39 is 32.6 Å². The van der Waals surface area contributed by atoms with Gasteiger partial charge in [0.05, 0.1) is 28.2 Å². The smallest absolute Gasteiger partial charge is 0.266 e. The fourth-order valence-electron chi connectivity index (χ4n) is 4.28. The van der Waals surface area contributed by atoms with Gasteiger partial charge in [0.15, 0.2) is 0 Å². The summed E-state index contributed by atoms with van der Waals surface area (Å²) >= 11 is 0. The first-order valence-electron chi connectivity index (χ1n) is 11.4. The van der Waals surface area contributed by atoms with Crippen molar-refractivity contribution in [3.05, 3.63) is 59.2 Å². The zero-order chi connectivity index (χ0) is 24.9. The minimum atomic E-state index is -4.24. The monoisotopic (exact) mass is 508 g/mol. The molecule has 10 heteroatoms. The minimum Gasteiger partial charge on any atom is -0.507 e. The molecule has 1 heterocycles. The number of carbonyl (C=O) groups excluding carboxylic acids is 1. The van der Waals surface area contributed by atoms with Gasteiger partial charge in [0.25, 0.3) is 16.0 Å².